The molecule has 1 aliphatic rings. The Morgan fingerprint density at radius 1 is 1.04 bits per heavy atom. The number of nitrogens with one attached hydrogen (secondary N) is 1. The van der Waals surface area contributed by atoms with E-state index in [4.69, 9.17) is 0 Å². The number of nitrogens with zero attached hydrogens (tertiary/aromatic N) is 2. The minimum absolute atomic E-state index is 0.0955. The smallest absolute Gasteiger partial charge is 0.274 e. The molecule has 0 aliphatic carbocycles. The molecule has 1 heterocycles. The first-order valence-corrected chi connectivity index (χ1v) is 9.42. The summed E-state index contributed by atoms with van der Waals surface area (Å²) in [6, 6.07) is 9.37. The number of nitro benzene ring substituents is 1. The van der Waals surface area contributed by atoms with Crippen LogP contribution in [0.2, 0.25) is 0 Å². The molecule has 3 rings (SSSR count). The summed E-state index contributed by atoms with van der Waals surface area (Å²) in [4.78, 5) is 34.8. The van der Waals surface area contributed by atoms with Gasteiger partial charge in [0.25, 0.3) is 15.7 Å². The Hall–Kier alpha value is -3.27. The van der Waals surface area contributed by atoms with E-state index >= 15 is 0 Å². The van der Waals surface area contributed by atoms with E-state index in [0.29, 0.717) is 5.69 Å². The van der Waals surface area contributed by atoms with Crippen molar-refractivity contribution in [3.63, 3.8) is 0 Å². The van der Waals surface area contributed by atoms with Gasteiger partial charge in [0.1, 0.15) is 0 Å². The van der Waals surface area contributed by atoms with E-state index in [1.165, 1.54) is 49.4 Å². The highest BCUT2D eigenvalue weighted by Gasteiger charge is 2.30. The lowest BCUT2D eigenvalue weighted by molar-refractivity contribution is -0.385. The lowest BCUT2D eigenvalue weighted by atomic mass is 10.2. The van der Waals surface area contributed by atoms with Crippen molar-refractivity contribution in [2.24, 2.45) is 0 Å². The molecule has 1 fully saturated rings. The van der Waals surface area contributed by atoms with Gasteiger partial charge in [-0.15, -0.1) is 0 Å². The van der Waals surface area contributed by atoms with Crippen LogP contribution in [0.15, 0.2) is 47.4 Å². The van der Waals surface area contributed by atoms with Crippen LogP contribution in [0.5, 0.6) is 0 Å². The van der Waals surface area contributed by atoms with Crippen molar-refractivity contribution in [2.75, 3.05) is 9.62 Å². The fourth-order valence-electron chi connectivity index (χ4n) is 2.77. The third kappa shape index (κ3) is 3.51. The molecule has 0 saturated carbocycles. The topological polar surface area (TPSA) is 127 Å². The quantitative estimate of drug-likeness (QED) is 0.475. The number of amides is 2. The van der Waals surface area contributed by atoms with E-state index < -0.39 is 14.9 Å². The summed E-state index contributed by atoms with van der Waals surface area (Å²) in [5.41, 5.74) is 0.388. The van der Waals surface area contributed by atoms with Gasteiger partial charge in [0, 0.05) is 18.9 Å². The predicted molar refractivity (Wildman–Crippen MR) is 96.8 cm³/mol. The summed E-state index contributed by atoms with van der Waals surface area (Å²) >= 11 is 0. The molecule has 1 aliphatic heterocycles. The van der Waals surface area contributed by atoms with Crippen molar-refractivity contribution in [3.05, 3.63) is 58.1 Å². The molecule has 1 saturated heterocycles. The van der Waals surface area contributed by atoms with Crippen LogP contribution in [-0.4, -0.2) is 25.2 Å². The van der Waals surface area contributed by atoms with E-state index in [0.717, 1.165) is 4.90 Å². The van der Waals surface area contributed by atoms with Crippen LogP contribution < -0.4 is 9.62 Å². The number of nitro groups is 1. The first-order chi connectivity index (χ1) is 12.7. The number of carbonyl (C=O) groups is 2. The third-order valence-electron chi connectivity index (χ3n) is 4.20. The maximum atomic E-state index is 12.6. The third-order valence-corrected chi connectivity index (χ3v) is 5.58. The molecule has 27 heavy (non-hydrogen) atoms. The van der Waals surface area contributed by atoms with Crippen LogP contribution in [0.3, 0.4) is 0 Å². The molecule has 0 bridgehead atoms. The van der Waals surface area contributed by atoms with Crippen molar-refractivity contribution in [1.29, 1.82) is 0 Å². The van der Waals surface area contributed by atoms with Crippen LogP contribution in [0.1, 0.15) is 18.4 Å². The molecule has 0 atom stereocenters. The molecule has 9 nitrogen and oxygen atoms in total. The molecule has 0 aromatic heterocycles. The zero-order valence-corrected chi connectivity index (χ0v) is 15.0. The molecular weight excluding hydrogens is 374 g/mol. The van der Waals surface area contributed by atoms with Crippen LogP contribution in [-0.2, 0) is 19.6 Å². The fraction of sp³-hybridized carbons (Fsp3) is 0.176. The van der Waals surface area contributed by atoms with E-state index in [2.05, 4.69) is 4.72 Å². The Morgan fingerprint density at radius 3 is 2.19 bits per heavy atom. The number of hydrogen-bond acceptors (Lipinski definition) is 6. The second-order valence-corrected chi connectivity index (χ2v) is 7.61. The van der Waals surface area contributed by atoms with Gasteiger partial charge in [-0.2, -0.15) is 0 Å². The second kappa shape index (κ2) is 6.80. The maximum Gasteiger partial charge on any atom is 0.274 e. The van der Waals surface area contributed by atoms with E-state index in [1.807, 2.05) is 0 Å². The van der Waals surface area contributed by atoms with Crippen molar-refractivity contribution in [1.82, 2.24) is 0 Å². The van der Waals surface area contributed by atoms with Gasteiger partial charge in [-0.1, -0.05) is 6.07 Å². The van der Waals surface area contributed by atoms with Crippen LogP contribution >= 0.6 is 0 Å². The average molecular weight is 389 g/mol. The fourth-order valence-corrected chi connectivity index (χ4v) is 3.90. The lowest BCUT2D eigenvalue weighted by Gasteiger charge is -2.15. The summed E-state index contributed by atoms with van der Waals surface area (Å²) < 4.78 is 27.5. The molecule has 140 valence electrons. The largest absolute Gasteiger partial charge is 0.279 e. The highest BCUT2D eigenvalue weighted by molar-refractivity contribution is 7.92. The number of hydrogen-bond donors (Lipinski definition) is 1. The van der Waals surface area contributed by atoms with Crippen LogP contribution in [0.25, 0.3) is 0 Å². The van der Waals surface area contributed by atoms with E-state index in [9.17, 15) is 28.1 Å². The summed E-state index contributed by atoms with van der Waals surface area (Å²) in [6.45, 7) is 1.45. The predicted octanol–water partition coefficient (Wildman–Crippen LogP) is 2.36. The Morgan fingerprint density at radius 2 is 1.63 bits per heavy atom. The molecule has 2 amide bonds. The van der Waals surface area contributed by atoms with Gasteiger partial charge < -0.3 is 0 Å². The van der Waals surface area contributed by atoms with Crippen molar-refractivity contribution in [2.45, 2.75) is 24.7 Å². The normalized spacial score (nSPS) is 14.5. The number of benzene rings is 2. The monoisotopic (exact) mass is 389 g/mol. The van der Waals surface area contributed by atoms with Gasteiger partial charge >= 0.3 is 0 Å². The minimum Gasteiger partial charge on any atom is -0.279 e. The minimum atomic E-state index is -4.01. The highest BCUT2D eigenvalue weighted by atomic mass is 32.2. The molecule has 2 aromatic carbocycles. The van der Waals surface area contributed by atoms with E-state index in [1.54, 1.807) is 0 Å². The Balaban J connectivity index is 1.88. The number of anilines is 2. The summed E-state index contributed by atoms with van der Waals surface area (Å²) in [6.07, 6.45) is 0.263. The number of imide groups is 1. The first-order valence-electron chi connectivity index (χ1n) is 7.93. The zero-order chi connectivity index (χ0) is 19.8. The Bertz CT molecular complexity index is 1030. The SMILES string of the molecule is Cc1c(NS(=O)(=O)c2ccc(N3C(=O)CCC3=O)cc2)cccc1[N+](=O)[O-]. The molecular formula is C17H15N3O6S. The van der Waals surface area contributed by atoms with Crippen molar-refractivity contribution < 1.29 is 22.9 Å². The lowest BCUT2D eigenvalue weighted by Crippen LogP contribution is -2.28. The standard InChI is InChI=1S/C17H15N3O6S/c1-11-14(3-2-4-15(11)20(23)24)18-27(25,26)13-7-5-12(6-8-13)19-16(21)9-10-17(19)22/h2-8,18H,9-10H2,1H3. The van der Waals surface area contributed by atoms with Gasteiger partial charge in [0.05, 0.1) is 26.8 Å². The maximum absolute atomic E-state index is 12.6. The van der Waals surface area contributed by atoms with Gasteiger partial charge in [0.15, 0.2) is 0 Å². The van der Waals surface area contributed by atoms with Gasteiger partial charge in [-0.05, 0) is 37.3 Å². The molecule has 0 radical (unpaired) electrons. The number of carbonyl (C=O) groups excluding carboxylic acids is 2. The second-order valence-electron chi connectivity index (χ2n) is 5.93. The molecule has 10 heteroatoms. The summed E-state index contributed by atoms with van der Waals surface area (Å²) in [5.74, 6) is -0.665. The van der Waals surface area contributed by atoms with E-state index in [-0.39, 0.29) is 46.5 Å². The summed E-state index contributed by atoms with van der Waals surface area (Å²) in [7, 11) is -4.01. The van der Waals surface area contributed by atoms with Crippen molar-refractivity contribution >= 4 is 38.9 Å². The highest BCUT2D eigenvalue weighted by Crippen LogP contribution is 2.28. The van der Waals surface area contributed by atoms with Gasteiger partial charge in [-0.3, -0.25) is 29.3 Å². The first kappa shape index (κ1) is 18.5. The Labute approximate surface area is 154 Å². The number of rotatable bonds is 5. The number of sulfonamides is 1. The van der Waals surface area contributed by atoms with Gasteiger partial charge in [-0.25, -0.2) is 8.42 Å². The van der Waals surface area contributed by atoms with Crippen molar-refractivity contribution in [3.8, 4) is 0 Å². The average Bonchev–Trinajstić information content (AvgIpc) is 2.95. The molecule has 1 N–H and O–H groups in total. The zero-order valence-electron chi connectivity index (χ0n) is 14.2. The molecule has 0 unspecified atom stereocenters. The van der Waals surface area contributed by atoms with Gasteiger partial charge in [0.2, 0.25) is 11.8 Å². The summed E-state index contributed by atoms with van der Waals surface area (Å²) in [5, 5.41) is 11.0. The molecule has 0 spiro atoms. The Kier molecular flexibility index (Phi) is 4.66. The molecule has 2 aromatic rings. The van der Waals surface area contributed by atoms with Crippen LogP contribution in [0, 0.1) is 17.0 Å². The van der Waals surface area contributed by atoms with Crippen LogP contribution in [0.4, 0.5) is 17.1 Å².